The van der Waals surface area contributed by atoms with Gasteiger partial charge in [-0.3, -0.25) is 0 Å². The zero-order chi connectivity index (χ0) is 17.8. The molecule has 0 spiro atoms. The highest BCUT2D eigenvalue weighted by atomic mass is 32.1. The molecular formula is C22H29NOS. The number of benzene rings is 1. The molecule has 1 aromatic heterocycles. The largest absolute Gasteiger partial charge is 0.508 e. The van der Waals surface area contributed by atoms with Crippen molar-refractivity contribution in [1.29, 1.82) is 0 Å². The molecule has 0 aliphatic heterocycles. The van der Waals surface area contributed by atoms with E-state index in [0.29, 0.717) is 23.0 Å². The van der Waals surface area contributed by atoms with Crippen molar-refractivity contribution in [1.82, 2.24) is 4.98 Å². The van der Waals surface area contributed by atoms with Gasteiger partial charge in [-0.05, 0) is 73.3 Å². The quantitative estimate of drug-likeness (QED) is 0.637. The van der Waals surface area contributed by atoms with Crippen LogP contribution in [0, 0.1) is 22.7 Å². The van der Waals surface area contributed by atoms with Gasteiger partial charge in [0.1, 0.15) is 5.75 Å². The second-order valence-corrected chi connectivity index (χ2v) is 9.74. The molecule has 4 unspecified atom stereocenters. The van der Waals surface area contributed by atoms with E-state index in [-0.39, 0.29) is 5.41 Å². The van der Waals surface area contributed by atoms with E-state index in [9.17, 15) is 5.11 Å². The number of phenolic OH excluding ortho intramolecular Hbond substituents is 1. The van der Waals surface area contributed by atoms with Gasteiger partial charge in [-0.1, -0.05) is 32.4 Å². The van der Waals surface area contributed by atoms with Crippen LogP contribution >= 0.6 is 11.3 Å². The summed E-state index contributed by atoms with van der Waals surface area (Å²) in [6.45, 7) is 9.73. The summed E-state index contributed by atoms with van der Waals surface area (Å²) >= 11 is 1.66. The van der Waals surface area contributed by atoms with Crippen LogP contribution in [-0.2, 0) is 6.42 Å². The van der Waals surface area contributed by atoms with Crippen LogP contribution in [-0.4, -0.2) is 10.1 Å². The number of thiazole rings is 1. The van der Waals surface area contributed by atoms with Gasteiger partial charge in [0, 0.05) is 6.07 Å². The number of allylic oxidation sites excluding steroid dienone is 2. The maximum absolute atomic E-state index is 10.6. The molecule has 25 heavy (non-hydrogen) atoms. The van der Waals surface area contributed by atoms with Gasteiger partial charge in [0.2, 0.25) is 0 Å². The molecule has 1 fully saturated rings. The number of hydrogen-bond donors (Lipinski definition) is 1. The Kier molecular flexibility index (Phi) is 3.99. The fourth-order valence-electron chi connectivity index (χ4n) is 5.70. The van der Waals surface area contributed by atoms with Crippen molar-refractivity contribution < 1.29 is 5.11 Å². The Bertz CT molecular complexity index is 838. The fraction of sp³-hybridized carbons (Fsp3) is 0.591. The maximum Gasteiger partial charge on any atom is 0.121 e. The minimum Gasteiger partial charge on any atom is -0.508 e. The highest BCUT2D eigenvalue weighted by molar-refractivity contribution is 7.16. The molecule has 4 rings (SSSR count). The Morgan fingerprint density at radius 2 is 2.08 bits per heavy atom. The summed E-state index contributed by atoms with van der Waals surface area (Å²) in [6, 6.07) is 4.03. The van der Waals surface area contributed by atoms with Crippen molar-refractivity contribution >= 4 is 21.6 Å². The van der Waals surface area contributed by atoms with Crippen LogP contribution in [0.1, 0.15) is 58.9 Å². The second kappa shape index (κ2) is 5.84. The Morgan fingerprint density at radius 1 is 1.28 bits per heavy atom. The van der Waals surface area contributed by atoms with Crippen LogP contribution in [0.2, 0.25) is 0 Å². The summed E-state index contributed by atoms with van der Waals surface area (Å²) in [4.78, 5) is 4.34. The lowest BCUT2D eigenvalue weighted by Gasteiger charge is -2.58. The summed E-state index contributed by atoms with van der Waals surface area (Å²) in [7, 11) is 0. The summed E-state index contributed by atoms with van der Waals surface area (Å²) in [5.41, 5.74) is 6.01. The molecule has 0 saturated heterocycles. The minimum atomic E-state index is 0.221. The Balaban J connectivity index is 1.75. The normalized spacial score (nSPS) is 35.4. The molecule has 0 bridgehead atoms. The summed E-state index contributed by atoms with van der Waals surface area (Å²) in [6.07, 6.45) is 8.48. The topological polar surface area (TPSA) is 33.1 Å². The van der Waals surface area contributed by atoms with E-state index in [4.69, 9.17) is 0 Å². The molecule has 1 N–H and O–H groups in total. The number of aromatic hydroxyl groups is 1. The van der Waals surface area contributed by atoms with Crippen LogP contribution < -0.4 is 0 Å². The van der Waals surface area contributed by atoms with E-state index in [0.717, 1.165) is 17.5 Å². The minimum absolute atomic E-state index is 0.221. The summed E-state index contributed by atoms with van der Waals surface area (Å²) in [5, 5.41) is 10.6. The first kappa shape index (κ1) is 17.1. The van der Waals surface area contributed by atoms with E-state index >= 15 is 0 Å². The standard InChI is InChI=1S/C22H29NOS/c1-14-6-5-7-20-21(14,3)9-8-15(2)22(20,4)12-16-10-19-17(11-18(16)24)23-13-25-19/h6,10-11,13,15,20,24H,5,7-9,12H2,1-4H3. The van der Waals surface area contributed by atoms with Crippen molar-refractivity contribution in [3.8, 4) is 5.75 Å². The lowest BCUT2D eigenvalue weighted by atomic mass is 9.47. The van der Waals surface area contributed by atoms with Gasteiger partial charge >= 0.3 is 0 Å². The van der Waals surface area contributed by atoms with E-state index in [1.165, 1.54) is 30.4 Å². The number of rotatable bonds is 2. The molecule has 3 heteroatoms. The molecule has 2 aliphatic carbocycles. The molecule has 2 aromatic rings. The molecule has 1 saturated carbocycles. The lowest BCUT2D eigenvalue weighted by molar-refractivity contribution is -0.0411. The SMILES string of the molecule is CC1=CCCC2C1(C)CCC(C)C2(C)Cc1cc2scnc2cc1O. The van der Waals surface area contributed by atoms with Crippen molar-refractivity contribution in [2.45, 2.75) is 59.8 Å². The van der Waals surface area contributed by atoms with E-state index in [1.807, 2.05) is 11.6 Å². The molecule has 4 atom stereocenters. The molecule has 0 amide bonds. The highest BCUT2D eigenvalue weighted by Crippen LogP contribution is 2.61. The number of aromatic nitrogens is 1. The second-order valence-electron chi connectivity index (χ2n) is 8.86. The average molecular weight is 356 g/mol. The van der Waals surface area contributed by atoms with Gasteiger partial charge in [0.15, 0.2) is 0 Å². The smallest absolute Gasteiger partial charge is 0.121 e. The lowest BCUT2D eigenvalue weighted by Crippen LogP contribution is -2.50. The highest BCUT2D eigenvalue weighted by Gasteiger charge is 2.53. The van der Waals surface area contributed by atoms with Gasteiger partial charge in [0.05, 0.1) is 15.7 Å². The van der Waals surface area contributed by atoms with Crippen LogP contribution in [0.5, 0.6) is 5.75 Å². The maximum atomic E-state index is 10.6. The first-order valence-corrected chi connectivity index (χ1v) is 10.4. The van der Waals surface area contributed by atoms with Gasteiger partial charge in [-0.15, -0.1) is 11.3 Å². The predicted octanol–water partition coefficient (Wildman–Crippen LogP) is 6.34. The molecule has 0 radical (unpaired) electrons. The molecule has 2 aliphatic rings. The molecular weight excluding hydrogens is 326 g/mol. The Labute approximate surface area is 155 Å². The Morgan fingerprint density at radius 3 is 2.88 bits per heavy atom. The van der Waals surface area contributed by atoms with E-state index < -0.39 is 0 Å². The third kappa shape index (κ3) is 2.54. The average Bonchev–Trinajstić information content (AvgIpc) is 3.01. The van der Waals surface area contributed by atoms with E-state index in [1.54, 1.807) is 16.9 Å². The summed E-state index contributed by atoms with van der Waals surface area (Å²) in [5.74, 6) is 1.78. The van der Waals surface area contributed by atoms with Crippen LogP contribution in [0.15, 0.2) is 29.3 Å². The summed E-state index contributed by atoms with van der Waals surface area (Å²) < 4.78 is 1.18. The third-order valence-electron chi connectivity index (χ3n) is 7.70. The number of phenols is 1. The zero-order valence-electron chi connectivity index (χ0n) is 15.8. The Hall–Kier alpha value is -1.35. The first-order chi connectivity index (χ1) is 11.8. The van der Waals surface area contributed by atoms with Crippen LogP contribution in [0.25, 0.3) is 10.2 Å². The van der Waals surface area contributed by atoms with Crippen molar-refractivity contribution in [3.63, 3.8) is 0 Å². The number of nitrogens with zero attached hydrogens (tertiary/aromatic N) is 1. The molecule has 134 valence electrons. The molecule has 1 heterocycles. The predicted molar refractivity (Wildman–Crippen MR) is 106 cm³/mol. The van der Waals surface area contributed by atoms with Crippen molar-refractivity contribution in [2.24, 2.45) is 22.7 Å². The van der Waals surface area contributed by atoms with Crippen molar-refractivity contribution in [2.75, 3.05) is 0 Å². The van der Waals surface area contributed by atoms with E-state index in [2.05, 4.69) is 44.8 Å². The van der Waals surface area contributed by atoms with Gasteiger partial charge in [-0.2, -0.15) is 0 Å². The number of hydrogen-bond acceptors (Lipinski definition) is 3. The molecule has 1 aromatic carbocycles. The zero-order valence-corrected chi connectivity index (χ0v) is 16.6. The first-order valence-electron chi connectivity index (χ1n) is 9.57. The fourth-order valence-corrected chi connectivity index (χ4v) is 6.42. The number of fused-ring (bicyclic) bond motifs is 2. The van der Waals surface area contributed by atoms with Gasteiger partial charge in [0.25, 0.3) is 0 Å². The van der Waals surface area contributed by atoms with Crippen LogP contribution in [0.4, 0.5) is 0 Å². The van der Waals surface area contributed by atoms with Crippen molar-refractivity contribution in [3.05, 3.63) is 34.9 Å². The monoisotopic (exact) mass is 355 g/mol. The van der Waals surface area contributed by atoms with Gasteiger partial charge < -0.3 is 5.11 Å². The third-order valence-corrected chi connectivity index (χ3v) is 8.49. The van der Waals surface area contributed by atoms with Gasteiger partial charge in [-0.25, -0.2) is 4.98 Å². The van der Waals surface area contributed by atoms with Crippen LogP contribution in [0.3, 0.4) is 0 Å². The molecule has 2 nitrogen and oxygen atoms in total.